The number of piperidine rings is 2. The highest BCUT2D eigenvalue weighted by atomic mass is 35.5. The molecule has 0 radical (unpaired) electrons. The average molecular weight is 531 g/mol. The van der Waals surface area contributed by atoms with Crippen molar-refractivity contribution in [3.8, 4) is 5.75 Å². The molecule has 1 saturated carbocycles. The third-order valence-corrected chi connectivity index (χ3v) is 8.76. The molecule has 37 heavy (non-hydrogen) atoms. The second kappa shape index (κ2) is 11.7. The number of hydrogen-bond acceptors (Lipinski definition) is 5. The zero-order chi connectivity index (χ0) is 25.9. The smallest absolute Gasteiger partial charge is 0.227 e. The van der Waals surface area contributed by atoms with Gasteiger partial charge in [-0.15, -0.1) is 11.6 Å². The number of hydrogen-bond donors (Lipinski definition) is 0. The van der Waals surface area contributed by atoms with E-state index in [0.717, 1.165) is 56.8 Å². The maximum absolute atomic E-state index is 14.7. The van der Waals surface area contributed by atoms with Gasteiger partial charge < -0.3 is 14.5 Å². The molecule has 5 rings (SSSR count). The molecule has 202 valence electrons. The molecule has 3 fully saturated rings. The predicted molar refractivity (Wildman–Crippen MR) is 146 cm³/mol. The Morgan fingerprint density at radius 1 is 1.16 bits per heavy atom. The van der Waals surface area contributed by atoms with Gasteiger partial charge in [-0.25, -0.2) is 14.4 Å². The van der Waals surface area contributed by atoms with E-state index in [9.17, 15) is 9.18 Å². The number of alkyl halides is 1. The summed E-state index contributed by atoms with van der Waals surface area (Å²) in [5, 5.41) is -0.0770. The summed E-state index contributed by atoms with van der Waals surface area (Å²) in [5.74, 6) is 4.29. The number of nitrogens with zero attached hydrogens (tertiary/aromatic N) is 4. The zero-order valence-electron chi connectivity index (χ0n) is 22.1. The summed E-state index contributed by atoms with van der Waals surface area (Å²) in [7, 11) is 0. The van der Waals surface area contributed by atoms with Crippen LogP contribution in [-0.2, 0) is 11.2 Å². The molecular formula is C29H40ClFN4O2. The third-order valence-electron chi connectivity index (χ3n) is 8.51. The Labute approximate surface area is 225 Å². The van der Waals surface area contributed by atoms with Crippen LogP contribution < -0.4 is 4.74 Å². The molecule has 0 aromatic heterocycles. The van der Waals surface area contributed by atoms with Crippen LogP contribution in [0.25, 0.3) is 0 Å². The van der Waals surface area contributed by atoms with Gasteiger partial charge in [0.1, 0.15) is 11.6 Å². The molecule has 3 aliphatic heterocycles. The number of carbonyl (C=O) groups is 1. The van der Waals surface area contributed by atoms with E-state index in [1.165, 1.54) is 25.3 Å². The molecule has 1 aromatic rings. The molecule has 2 saturated heterocycles. The van der Waals surface area contributed by atoms with Crippen molar-refractivity contribution in [2.24, 2.45) is 39.6 Å². The van der Waals surface area contributed by atoms with E-state index in [2.05, 4.69) is 28.7 Å². The first-order chi connectivity index (χ1) is 17.9. The van der Waals surface area contributed by atoms with Crippen LogP contribution in [0.1, 0.15) is 51.5 Å². The lowest BCUT2D eigenvalue weighted by molar-refractivity contribution is -0.133. The monoisotopic (exact) mass is 530 g/mol. The molecule has 1 amide bonds. The van der Waals surface area contributed by atoms with Crippen molar-refractivity contribution in [1.82, 2.24) is 9.80 Å². The van der Waals surface area contributed by atoms with Crippen molar-refractivity contribution in [2.75, 3.05) is 39.3 Å². The molecule has 5 atom stereocenters. The fourth-order valence-corrected chi connectivity index (χ4v) is 6.65. The standard InChI is InChI=1S/C29H40ClFN4O2/c1-19-11-20(2)18-35(17-19)28(36)13-23-3-4-25(14-27(23)31)37-10-7-22-12-26(22)21-5-8-34(9-6-21)29-32-15-24(30)16-33-29/h3-4,14-15,19-22,24,26H,5-13,16-18H2,1-2H3. The Balaban J connectivity index is 1.02. The van der Waals surface area contributed by atoms with Crippen LogP contribution in [0, 0.1) is 35.4 Å². The van der Waals surface area contributed by atoms with Gasteiger partial charge in [-0.1, -0.05) is 19.9 Å². The molecule has 1 aromatic carbocycles. The Kier molecular flexibility index (Phi) is 8.37. The lowest BCUT2D eigenvalue weighted by atomic mass is 9.90. The van der Waals surface area contributed by atoms with Gasteiger partial charge in [0.25, 0.3) is 0 Å². The van der Waals surface area contributed by atoms with Crippen LogP contribution in [0.3, 0.4) is 0 Å². The second-order valence-electron chi connectivity index (χ2n) is 11.7. The zero-order valence-corrected chi connectivity index (χ0v) is 22.9. The first-order valence-electron chi connectivity index (χ1n) is 14.0. The van der Waals surface area contributed by atoms with Gasteiger partial charge in [-0.2, -0.15) is 0 Å². The Morgan fingerprint density at radius 2 is 1.92 bits per heavy atom. The van der Waals surface area contributed by atoms with Crippen LogP contribution in [0.5, 0.6) is 5.75 Å². The number of likely N-dealkylation sites (tertiary alicyclic amines) is 2. The number of guanidine groups is 1. The van der Waals surface area contributed by atoms with Crippen LogP contribution in [0.4, 0.5) is 4.39 Å². The minimum Gasteiger partial charge on any atom is -0.493 e. The molecule has 0 spiro atoms. The minimum atomic E-state index is -0.353. The summed E-state index contributed by atoms with van der Waals surface area (Å²) in [6.07, 6.45) is 7.69. The van der Waals surface area contributed by atoms with Crippen LogP contribution in [-0.4, -0.2) is 72.6 Å². The largest absolute Gasteiger partial charge is 0.493 e. The van der Waals surface area contributed by atoms with Crippen molar-refractivity contribution in [3.05, 3.63) is 29.6 Å². The highest BCUT2D eigenvalue weighted by Crippen LogP contribution is 2.49. The minimum absolute atomic E-state index is 0.0138. The average Bonchev–Trinajstić information content (AvgIpc) is 3.65. The molecule has 1 aliphatic carbocycles. The number of benzene rings is 1. The van der Waals surface area contributed by atoms with Gasteiger partial charge >= 0.3 is 0 Å². The number of carbonyl (C=O) groups excluding carboxylic acids is 1. The van der Waals surface area contributed by atoms with Gasteiger partial charge in [-0.3, -0.25) is 4.79 Å². The Hall–Kier alpha value is -2.15. The van der Waals surface area contributed by atoms with Gasteiger partial charge in [0.15, 0.2) is 0 Å². The van der Waals surface area contributed by atoms with E-state index < -0.39 is 0 Å². The molecule has 8 heteroatoms. The second-order valence-corrected chi connectivity index (χ2v) is 12.3. The van der Waals surface area contributed by atoms with Crippen molar-refractivity contribution in [3.63, 3.8) is 0 Å². The number of rotatable bonds is 7. The van der Waals surface area contributed by atoms with Gasteiger partial charge in [-0.05, 0) is 73.3 Å². The summed E-state index contributed by atoms with van der Waals surface area (Å²) < 4.78 is 20.6. The maximum Gasteiger partial charge on any atom is 0.227 e. The topological polar surface area (TPSA) is 57.5 Å². The summed E-state index contributed by atoms with van der Waals surface area (Å²) >= 11 is 6.04. The summed E-state index contributed by atoms with van der Waals surface area (Å²) in [4.78, 5) is 25.8. The fourth-order valence-electron chi connectivity index (χ4n) is 6.52. The SMILES string of the molecule is CC1CC(C)CN(C(=O)Cc2ccc(OCCC3CC3C3CCN(C4=NCC(Cl)C=N4)CC3)cc2F)C1. The predicted octanol–water partition coefficient (Wildman–Crippen LogP) is 5.04. The fraction of sp³-hybridized carbons (Fsp3) is 0.690. The molecule has 4 aliphatic rings. The molecule has 0 N–H and O–H groups in total. The molecule has 6 nitrogen and oxygen atoms in total. The normalized spacial score (nSPS) is 30.3. The number of amides is 1. The van der Waals surface area contributed by atoms with Crippen molar-refractivity contribution in [1.29, 1.82) is 0 Å². The third kappa shape index (κ3) is 6.84. The van der Waals surface area contributed by atoms with Crippen molar-refractivity contribution >= 4 is 29.7 Å². The molecule has 0 bridgehead atoms. The van der Waals surface area contributed by atoms with Gasteiger partial charge in [0.2, 0.25) is 11.9 Å². The lowest BCUT2D eigenvalue weighted by Crippen LogP contribution is -2.43. The van der Waals surface area contributed by atoms with Crippen LogP contribution in [0.15, 0.2) is 28.2 Å². The number of halogens is 2. The quantitative estimate of drug-likeness (QED) is 0.464. The van der Waals surface area contributed by atoms with E-state index in [4.69, 9.17) is 16.3 Å². The van der Waals surface area contributed by atoms with E-state index in [-0.39, 0.29) is 23.5 Å². The van der Waals surface area contributed by atoms with E-state index in [1.807, 2.05) is 4.90 Å². The number of aliphatic imine (C=N–C) groups is 2. The summed E-state index contributed by atoms with van der Waals surface area (Å²) in [5.41, 5.74) is 0.448. The Bertz CT molecular complexity index is 1020. The lowest BCUT2D eigenvalue weighted by Gasteiger charge is -2.35. The highest BCUT2D eigenvalue weighted by molar-refractivity contribution is 6.29. The van der Waals surface area contributed by atoms with E-state index >= 15 is 0 Å². The van der Waals surface area contributed by atoms with Crippen molar-refractivity contribution in [2.45, 2.75) is 57.7 Å². The molecule has 5 unspecified atom stereocenters. The molecule has 3 heterocycles. The van der Waals surface area contributed by atoms with Gasteiger partial charge in [0.05, 0.1) is 24.9 Å². The summed E-state index contributed by atoms with van der Waals surface area (Å²) in [6, 6.07) is 4.95. The van der Waals surface area contributed by atoms with Gasteiger partial charge in [0, 0.05) is 38.5 Å². The van der Waals surface area contributed by atoms with E-state index in [0.29, 0.717) is 42.2 Å². The van der Waals surface area contributed by atoms with Crippen LogP contribution >= 0.6 is 11.6 Å². The first-order valence-corrected chi connectivity index (χ1v) is 14.5. The molecular weight excluding hydrogens is 491 g/mol. The van der Waals surface area contributed by atoms with Crippen molar-refractivity contribution < 1.29 is 13.9 Å². The van der Waals surface area contributed by atoms with E-state index in [1.54, 1.807) is 18.3 Å². The first kappa shape index (κ1) is 26.5. The van der Waals surface area contributed by atoms with Crippen LogP contribution in [0.2, 0.25) is 0 Å². The highest BCUT2D eigenvalue weighted by Gasteiger charge is 2.43. The maximum atomic E-state index is 14.7. The Morgan fingerprint density at radius 3 is 2.59 bits per heavy atom. The number of ether oxygens (including phenoxy) is 1. The summed E-state index contributed by atoms with van der Waals surface area (Å²) in [6.45, 7) is 9.14.